The molecule has 1 aliphatic carbocycles. The van der Waals surface area contributed by atoms with Crippen molar-refractivity contribution in [2.24, 2.45) is 0 Å². The van der Waals surface area contributed by atoms with Crippen molar-refractivity contribution in [2.75, 3.05) is 19.6 Å². The van der Waals surface area contributed by atoms with Gasteiger partial charge in [0.2, 0.25) is 5.91 Å². The minimum Gasteiger partial charge on any atom is -0.339 e. The molecule has 1 fully saturated rings. The van der Waals surface area contributed by atoms with E-state index >= 15 is 0 Å². The Balaban J connectivity index is 1.64. The first-order chi connectivity index (χ1) is 8.81. The Hall–Kier alpha value is -1.42. The number of rotatable bonds is 7. The van der Waals surface area contributed by atoms with Crippen molar-refractivity contribution in [3.05, 3.63) is 30.1 Å². The highest BCUT2D eigenvalue weighted by Gasteiger charge is 2.30. The van der Waals surface area contributed by atoms with Gasteiger partial charge in [-0.15, -0.1) is 0 Å². The summed E-state index contributed by atoms with van der Waals surface area (Å²) < 4.78 is 0. The van der Waals surface area contributed by atoms with E-state index in [1.165, 1.54) is 18.4 Å². The molecule has 2 rings (SSSR count). The number of pyridine rings is 1. The van der Waals surface area contributed by atoms with Crippen LogP contribution in [0.25, 0.3) is 0 Å². The molecule has 0 spiro atoms. The number of carbonyl (C=O) groups is 1. The molecule has 1 aliphatic rings. The zero-order valence-electron chi connectivity index (χ0n) is 10.9. The maximum absolute atomic E-state index is 11.9. The third-order valence-electron chi connectivity index (χ3n) is 3.24. The topological polar surface area (TPSA) is 45.2 Å². The van der Waals surface area contributed by atoms with Gasteiger partial charge in [0.05, 0.1) is 6.54 Å². The zero-order chi connectivity index (χ0) is 12.8. The summed E-state index contributed by atoms with van der Waals surface area (Å²) in [7, 11) is 0. The normalized spacial score (nSPS) is 14.5. The number of aromatic nitrogens is 1. The molecule has 18 heavy (non-hydrogen) atoms. The van der Waals surface area contributed by atoms with Gasteiger partial charge in [0.1, 0.15) is 0 Å². The van der Waals surface area contributed by atoms with Gasteiger partial charge in [-0.3, -0.25) is 9.78 Å². The molecule has 0 saturated heterocycles. The van der Waals surface area contributed by atoms with E-state index in [9.17, 15) is 4.79 Å². The van der Waals surface area contributed by atoms with Crippen molar-refractivity contribution in [3.8, 4) is 0 Å². The summed E-state index contributed by atoms with van der Waals surface area (Å²) in [5, 5.41) is 3.21. The molecule has 4 nitrogen and oxygen atoms in total. The molecule has 1 N–H and O–H groups in total. The Kier molecular flexibility index (Phi) is 4.70. The van der Waals surface area contributed by atoms with Crippen LogP contribution in [-0.2, 0) is 11.2 Å². The summed E-state index contributed by atoms with van der Waals surface area (Å²) in [5.41, 5.74) is 1.20. The molecule has 0 aromatic carbocycles. The minimum atomic E-state index is 0.228. The summed E-state index contributed by atoms with van der Waals surface area (Å²) in [5.74, 6) is 0.228. The molecule has 1 amide bonds. The Bertz CT molecular complexity index is 376. The Labute approximate surface area is 108 Å². The highest BCUT2D eigenvalue weighted by atomic mass is 16.2. The first kappa shape index (κ1) is 13.0. The lowest BCUT2D eigenvalue weighted by molar-refractivity contribution is -0.130. The summed E-state index contributed by atoms with van der Waals surface area (Å²) in [4.78, 5) is 18.0. The van der Waals surface area contributed by atoms with Gasteiger partial charge in [0, 0.05) is 25.0 Å². The standard InChI is InChI=1S/C14H21N3O/c1-2-17(13-5-6-13)14(18)11-16-9-7-12-4-3-8-15-10-12/h3-4,8,10,13,16H,2,5-7,9,11H2,1H3. The highest BCUT2D eigenvalue weighted by molar-refractivity contribution is 5.78. The van der Waals surface area contributed by atoms with E-state index in [4.69, 9.17) is 0 Å². The second-order valence-corrected chi connectivity index (χ2v) is 4.70. The summed E-state index contributed by atoms with van der Waals surface area (Å²) in [6.07, 6.45) is 6.91. The molecule has 4 heteroatoms. The SMILES string of the molecule is CCN(C(=O)CNCCc1cccnc1)C1CC1. The molecule has 1 saturated carbocycles. The Morgan fingerprint density at radius 3 is 3.00 bits per heavy atom. The fraction of sp³-hybridized carbons (Fsp3) is 0.571. The van der Waals surface area contributed by atoms with E-state index in [1.807, 2.05) is 24.1 Å². The number of carbonyl (C=O) groups excluding carboxylic acids is 1. The monoisotopic (exact) mass is 247 g/mol. The van der Waals surface area contributed by atoms with Gasteiger partial charge in [0.25, 0.3) is 0 Å². The van der Waals surface area contributed by atoms with Crippen LogP contribution in [0.2, 0.25) is 0 Å². The number of hydrogen-bond donors (Lipinski definition) is 1. The molecule has 0 bridgehead atoms. The molecule has 0 unspecified atom stereocenters. The van der Waals surface area contributed by atoms with Crippen molar-refractivity contribution in [1.82, 2.24) is 15.2 Å². The van der Waals surface area contributed by atoms with Crippen LogP contribution in [-0.4, -0.2) is 41.5 Å². The number of amides is 1. The van der Waals surface area contributed by atoms with E-state index in [0.29, 0.717) is 12.6 Å². The van der Waals surface area contributed by atoms with E-state index in [1.54, 1.807) is 6.20 Å². The van der Waals surface area contributed by atoms with Crippen molar-refractivity contribution in [1.29, 1.82) is 0 Å². The molecule has 0 aliphatic heterocycles. The van der Waals surface area contributed by atoms with Gasteiger partial charge in [-0.25, -0.2) is 0 Å². The quantitative estimate of drug-likeness (QED) is 0.737. The molecule has 0 atom stereocenters. The summed E-state index contributed by atoms with van der Waals surface area (Å²) in [6.45, 7) is 4.14. The second kappa shape index (κ2) is 6.50. The highest BCUT2D eigenvalue weighted by Crippen LogP contribution is 2.26. The molecular formula is C14H21N3O. The molecule has 0 radical (unpaired) electrons. The van der Waals surface area contributed by atoms with Crippen molar-refractivity contribution < 1.29 is 4.79 Å². The van der Waals surface area contributed by atoms with Crippen LogP contribution < -0.4 is 5.32 Å². The summed E-state index contributed by atoms with van der Waals surface area (Å²) >= 11 is 0. The smallest absolute Gasteiger partial charge is 0.236 e. The zero-order valence-corrected chi connectivity index (χ0v) is 10.9. The largest absolute Gasteiger partial charge is 0.339 e. The number of nitrogens with zero attached hydrogens (tertiary/aromatic N) is 2. The van der Waals surface area contributed by atoms with Gasteiger partial charge in [-0.05, 0) is 44.4 Å². The van der Waals surface area contributed by atoms with Crippen LogP contribution in [0.3, 0.4) is 0 Å². The van der Waals surface area contributed by atoms with E-state index in [0.717, 1.165) is 19.5 Å². The lowest BCUT2D eigenvalue weighted by atomic mass is 10.2. The van der Waals surface area contributed by atoms with Gasteiger partial charge in [-0.2, -0.15) is 0 Å². The lowest BCUT2D eigenvalue weighted by Crippen LogP contribution is -2.39. The van der Waals surface area contributed by atoms with E-state index < -0.39 is 0 Å². The van der Waals surface area contributed by atoms with Crippen LogP contribution in [0.15, 0.2) is 24.5 Å². The second-order valence-electron chi connectivity index (χ2n) is 4.70. The van der Waals surface area contributed by atoms with Crippen molar-refractivity contribution in [2.45, 2.75) is 32.2 Å². The molecular weight excluding hydrogens is 226 g/mol. The fourth-order valence-electron chi connectivity index (χ4n) is 2.10. The Morgan fingerprint density at radius 2 is 2.39 bits per heavy atom. The third kappa shape index (κ3) is 3.81. The van der Waals surface area contributed by atoms with Crippen LogP contribution in [0.5, 0.6) is 0 Å². The first-order valence-corrected chi connectivity index (χ1v) is 6.70. The molecule has 98 valence electrons. The van der Waals surface area contributed by atoms with Crippen LogP contribution in [0.4, 0.5) is 0 Å². The maximum atomic E-state index is 11.9. The maximum Gasteiger partial charge on any atom is 0.236 e. The van der Waals surface area contributed by atoms with Crippen molar-refractivity contribution in [3.63, 3.8) is 0 Å². The third-order valence-corrected chi connectivity index (χ3v) is 3.24. The number of nitrogens with one attached hydrogen (secondary N) is 1. The molecule has 1 aromatic heterocycles. The predicted molar refractivity (Wildman–Crippen MR) is 71.2 cm³/mol. The van der Waals surface area contributed by atoms with Crippen molar-refractivity contribution >= 4 is 5.91 Å². The van der Waals surface area contributed by atoms with Crippen LogP contribution in [0.1, 0.15) is 25.3 Å². The lowest BCUT2D eigenvalue weighted by Gasteiger charge is -2.20. The number of likely N-dealkylation sites (N-methyl/N-ethyl adjacent to an activating group) is 1. The summed E-state index contributed by atoms with van der Waals surface area (Å²) in [6, 6.07) is 4.51. The van der Waals surface area contributed by atoms with E-state index in [2.05, 4.69) is 16.4 Å². The minimum absolute atomic E-state index is 0.228. The predicted octanol–water partition coefficient (Wildman–Crippen LogP) is 1.22. The number of hydrogen-bond acceptors (Lipinski definition) is 3. The fourth-order valence-corrected chi connectivity index (χ4v) is 2.10. The van der Waals surface area contributed by atoms with E-state index in [-0.39, 0.29) is 5.91 Å². The van der Waals surface area contributed by atoms with Crippen LogP contribution >= 0.6 is 0 Å². The Morgan fingerprint density at radius 1 is 1.56 bits per heavy atom. The van der Waals surface area contributed by atoms with Gasteiger partial charge in [-0.1, -0.05) is 6.07 Å². The average molecular weight is 247 g/mol. The molecule has 1 heterocycles. The van der Waals surface area contributed by atoms with Crippen LogP contribution in [0, 0.1) is 0 Å². The average Bonchev–Trinajstić information content (AvgIpc) is 3.21. The van der Waals surface area contributed by atoms with Gasteiger partial charge in [0.15, 0.2) is 0 Å². The molecule has 1 aromatic rings. The first-order valence-electron chi connectivity index (χ1n) is 6.70. The van der Waals surface area contributed by atoms with Gasteiger partial charge < -0.3 is 10.2 Å². The van der Waals surface area contributed by atoms with Gasteiger partial charge >= 0.3 is 0 Å².